The third-order valence-corrected chi connectivity index (χ3v) is 4.46. The van der Waals surface area contributed by atoms with Gasteiger partial charge in [-0.2, -0.15) is 0 Å². The van der Waals surface area contributed by atoms with Crippen LogP contribution in [0.5, 0.6) is 0 Å². The molecule has 1 unspecified atom stereocenters. The second kappa shape index (κ2) is 9.26. The molecule has 0 saturated heterocycles. The maximum absolute atomic E-state index is 11.6. The molecule has 6 heteroatoms. The van der Waals surface area contributed by atoms with E-state index in [-0.39, 0.29) is 36.8 Å². The molecule has 0 aromatic heterocycles. The van der Waals surface area contributed by atoms with E-state index in [4.69, 9.17) is 5.73 Å². The van der Waals surface area contributed by atoms with Gasteiger partial charge in [-0.25, -0.2) is 0 Å². The molecule has 0 aromatic rings. The zero-order valence-electron chi connectivity index (χ0n) is 12.6. The van der Waals surface area contributed by atoms with Crippen LogP contribution in [0.2, 0.25) is 0 Å². The van der Waals surface area contributed by atoms with Gasteiger partial charge in [0.05, 0.1) is 6.54 Å². The lowest BCUT2D eigenvalue weighted by Gasteiger charge is -2.12. The summed E-state index contributed by atoms with van der Waals surface area (Å²) in [7, 11) is 0. The Labute approximate surface area is 133 Å². The van der Waals surface area contributed by atoms with Gasteiger partial charge in [0, 0.05) is 19.0 Å². The molecule has 2 saturated carbocycles. The summed E-state index contributed by atoms with van der Waals surface area (Å²) in [5.41, 5.74) is 5.90. The van der Waals surface area contributed by atoms with Gasteiger partial charge in [-0.15, -0.1) is 12.4 Å². The molecule has 0 spiro atoms. The van der Waals surface area contributed by atoms with E-state index in [1.807, 2.05) is 0 Å². The van der Waals surface area contributed by atoms with E-state index >= 15 is 0 Å². The Morgan fingerprint density at radius 3 is 2.33 bits per heavy atom. The maximum Gasteiger partial charge on any atom is 0.239 e. The zero-order chi connectivity index (χ0) is 14.4. The van der Waals surface area contributed by atoms with Crippen LogP contribution >= 0.6 is 12.4 Å². The number of carbonyl (C=O) groups is 2. The van der Waals surface area contributed by atoms with Gasteiger partial charge in [0.1, 0.15) is 0 Å². The highest BCUT2D eigenvalue weighted by atomic mass is 35.5. The minimum Gasteiger partial charge on any atom is -0.353 e. The van der Waals surface area contributed by atoms with E-state index in [9.17, 15) is 9.59 Å². The van der Waals surface area contributed by atoms with Crippen LogP contribution in [-0.4, -0.2) is 30.9 Å². The largest absolute Gasteiger partial charge is 0.353 e. The fraction of sp³-hybridized carbons (Fsp3) is 0.867. The fourth-order valence-electron chi connectivity index (χ4n) is 2.89. The Hall–Kier alpha value is -0.810. The van der Waals surface area contributed by atoms with Gasteiger partial charge in [-0.3, -0.25) is 9.59 Å². The van der Waals surface area contributed by atoms with Gasteiger partial charge in [0.25, 0.3) is 0 Å². The van der Waals surface area contributed by atoms with Crippen molar-refractivity contribution in [2.75, 3.05) is 13.1 Å². The van der Waals surface area contributed by atoms with E-state index in [1.54, 1.807) is 0 Å². The molecule has 2 fully saturated rings. The lowest BCUT2D eigenvalue weighted by molar-refractivity contribution is -0.126. The molecule has 2 amide bonds. The van der Waals surface area contributed by atoms with Crippen LogP contribution in [0, 0.1) is 11.8 Å². The molecular weight excluding hydrogens is 290 g/mol. The molecule has 0 aliphatic heterocycles. The number of hydrogen-bond acceptors (Lipinski definition) is 3. The first-order valence-electron chi connectivity index (χ1n) is 7.94. The summed E-state index contributed by atoms with van der Waals surface area (Å²) in [6.45, 7) is 0.586. The molecule has 0 aromatic carbocycles. The highest BCUT2D eigenvalue weighted by Crippen LogP contribution is 2.31. The lowest BCUT2D eigenvalue weighted by Crippen LogP contribution is -2.43. The van der Waals surface area contributed by atoms with Crippen LogP contribution in [0.3, 0.4) is 0 Å². The number of nitrogens with two attached hydrogens (primary N) is 1. The Morgan fingerprint density at radius 1 is 1.05 bits per heavy atom. The van der Waals surface area contributed by atoms with Crippen molar-refractivity contribution >= 4 is 24.2 Å². The molecule has 5 nitrogen and oxygen atoms in total. The summed E-state index contributed by atoms with van der Waals surface area (Å²) in [6.07, 6.45) is 8.97. The quantitative estimate of drug-likeness (QED) is 0.632. The van der Waals surface area contributed by atoms with Crippen molar-refractivity contribution in [2.45, 2.75) is 57.4 Å². The van der Waals surface area contributed by atoms with Crippen molar-refractivity contribution in [2.24, 2.45) is 17.6 Å². The standard InChI is InChI=1S/C15H27N3O2.ClH/c16-13(12-6-7-12)9-17-15(20)10-18-14(19)8-5-11-3-1-2-4-11;/h11-13H,1-10,16H2,(H,17,20)(H,18,19);1H. The van der Waals surface area contributed by atoms with Crippen molar-refractivity contribution in [3.05, 3.63) is 0 Å². The van der Waals surface area contributed by atoms with Crippen molar-refractivity contribution < 1.29 is 9.59 Å². The number of halogens is 1. The molecule has 2 aliphatic carbocycles. The summed E-state index contributed by atoms with van der Waals surface area (Å²) in [5, 5.41) is 5.46. The molecule has 122 valence electrons. The average Bonchev–Trinajstić information content (AvgIpc) is 3.17. The molecule has 2 rings (SSSR count). The van der Waals surface area contributed by atoms with Crippen LogP contribution in [0.1, 0.15) is 51.4 Å². The molecule has 4 N–H and O–H groups in total. The smallest absolute Gasteiger partial charge is 0.239 e. The molecule has 21 heavy (non-hydrogen) atoms. The van der Waals surface area contributed by atoms with Gasteiger partial charge in [0.2, 0.25) is 11.8 Å². The number of amides is 2. The summed E-state index contributed by atoms with van der Waals surface area (Å²) in [4.78, 5) is 23.2. The van der Waals surface area contributed by atoms with Crippen molar-refractivity contribution in [3.8, 4) is 0 Å². The van der Waals surface area contributed by atoms with E-state index in [0.29, 0.717) is 24.8 Å². The summed E-state index contributed by atoms with van der Waals surface area (Å²) < 4.78 is 0. The first-order valence-corrected chi connectivity index (χ1v) is 7.94. The number of carbonyl (C=O) groups excluding carboxylic acids is 2. The summed E-state index contributed by atoms with van der Waals surface area (Å²) in [6, 6.07) is 0.0667. The van der Waals surface area contributed by atoms with Crippen LogP contribution < -0.4 is 16.4 Å². The van der Waals surface area contributed by atoms with Crippen molar-refractivity contribution in [1.29, 1.82) is 0 Å². The van der Waals surface area contributed by atoms with Crippen LogP contribution in [0.4, 0.5) is 0 Å². The lowest BCUT2D eigenvalue weighted by atomic mass is 10.0. The van der Waals surface area contributed by atoms with Gasteiger partial charge in [0.15, 0.2) is 0 Å². The molecule has 2 aliphatic rings. The Kier molecular flexibility index (Phi) is 8.04. The summed E-state index contributed by atoms with van der Waals surface area (Å²) >= 11 is 0. The predicted octanol–water partition coefficient (Wildman–Crippen LogP) is 1.35. The molecule has 0 bridgehead atoms. The third kappa shape index (κ3) is 7.14. The van der Waals surface area contributed by atoms with Crippen LogP contribution in [0.15, 0.2) is 0 Å². The minimum atomic E-state index is -0.143. The van der Waals surface area contributed by atoms with E-state index in [0.717, 1.165) is 6.42 Å². The van der Waals surface area contributed by atoms with Crippen LogP contribution in [0.25, 0.3) is 0 Å². The Morgan fingerprint density at radius 2 is 1.71 bits per heavy atom. The third-order valence-electron chi connectivity index (χ3n) is 4.46. The van der Waals surface area contributed by atoms with Gasteiger partial charge < -0.3 is 16.4 Å². The number of nitrogens with one attached hydrogen (secondary N) is 2. The van der Waals surface area contributed by atoms with Gasteiger partial charge in [-0.05, 0) is 31.1 Å². The SMILES string of the molecule is Cl.NC(CNC(=O)CNC(=O)CCC1CCCC1)C1CC1. The topological polar surface area (TPSA) is 84.2 Å². The van der Waals surface area contributed by atoms with E-state index < -0.39 is 0 Å². The highest BCUT2D eigenvalue weighted by molar-refractivity contribution is 5.85. The van der Waals surface area contributed by atoms with Crippen molar-refractivity contribution in [3.63, 3.8) is 0 Å². The monoisotopic (exact) mass is 317 g/mol. The molecule has 0 heterocycles. The highest BCUT2D eigenvalue weighted by Gasteiger charge is 2.28. The minimum absolute atomic E-state index is 0. The van der Waals surface area contributed by atoms with Gasteiger partial charge in [-0.1, -0.05) is 25.7 Å². The molecule has 1 atom stereocenters. The maximum atomic E-state index is 11.6. The fourth-order valence-corrected chi connectivity index (χ4v) is 2.89. The van der Waals surface area contributed by atoms with E-state index in [2.05, 4.69) is 10.6 Å². The first kappa shape index (κ1) is 18.2. The van der Waals surface area contributed by atoms with Crippen LogP contribution in [-0.2, 0) is 9.59 Å². The normalized spacial score (nSPS) is 19.7. The first-order chi connectivity index (χ1) is 9.65. The summed E-state index contributed by atoms with van der Waals surface area (Å²) in [5.74, 6) is 1.14. The second-order valence-corrected chi connectivity index (χ2v) is 6.27. The second-order valence-electron chi connectivity index (χ2n) is 6.27. The number of hydrogen-bond donors (Lipinski definition) is 3. The Bertz CT molecular complexity index is 324. The Balaban J connectivity index is 0.00000220. The average molecular weight is 318 g/mol. The van der Waals surface area contributed by atoms with E-state index in [1.165, 1.54) is 38.5 Å². The number of rotatable bonds is 8. The zero-order valence-corrected chi connectivity index (χ0v) is 13.4. The predicted molar refractivity (Wildman–Crippen MR) is 85.2 cm³/mol. The van der Waals surface area contributed by atoms with Gasteiger partial charge >= 0.3 is 0 Å². The molecular formula is C15H28ClN3O2. The molecule has 0 radical (unpaired) electrons. The van der Waals surface area contributed by atoms with Crippen molar-refractivity contribution in [1.82, 2.24) is 10.6 Å².